The Morgan fingerprint density at radius 1 is 1.37 bits per heavy atom. The number of hydrogen-bond acceptors (Lipinski definition) is 5. The summed E-state index contributed by atoms with van der Waals surface area (Å²) >= 11 is 0. The van der Waals surface area contributed by atoms with Crippen LogP contribution < -0.4 is 10.1 Å². The fraction of sp³-hybridized carbons (Fsp3) is 0.526. The molecule has 0 saturated carbocycles. The number of aromatic nitrogens is 3. The van der Waals surface area contributed by atoms with Crippen LogP contribution in [0.3, 0.4) is 0 Å². The highest BCUT2D eigenvalue weighted by molar-refractivity contribution is 5.90. The molecule has 0 aromatic carbocycles. The number of likely N-dealkylation sites (tertiary alicyclic amines) is 1. The SMILES string of the molecule is COc1cncc(-c2[nH]nc(NC(=O)CC(C)CN3CCCCC3)c2F)c1. The van der Waals surface area contributed by atoms with Crippen LogP contribution in [0.1, 0.15) is 32.6 Å². The van der Waals surface area contributed by atoms with E-state index in [2.05, 4.69) is 25.4 Å². The Balaban J connectivity index is 1.58. The molecule has 1 fully saturated rings. The second-order valence-electron chi connectivity index (χ2n) is 7.09. The maximum absolute atomic E-state index is 14.6. The number of nitrogens with one attached hydrogen (secondary N) is 2. The molecule has 3 rings (SSSR count). The van der Waals surface area contributed by atoms with Crippen molar-refractivity contribution in [3.05, 3.63) is 24.3 Å². The molecule has 0 radical (unpaired) electrons. The molecule has 2 aromatic rings. The average Bonchev–Trinajstić information content (AvgIpc) is 3.02. The van der Waals surface area contributed by atoms with Crippen LogP contribution in [0, 0.1) is 11.7 Å². The summed E-state index contributed by atoms with van der Waals surface area (Å²) in [6, 6.07) is 1.65. The normalized spacial score (nSPS) is 16.1. The van der Waals surface area contributed by atoms with Crippen molar-refractivity contribution in [2.45, 2.75) is 32.6 Å². The molecule has 8 heteroatoms. The minimum absolute atomic E-state index is 0.0945. The summed E-state index contributed by atoms with van der Waals surface area (Å²) in [5, 5.41) is 9.09. The quantitative estimate of drug-likeness (QED) is 0.777. The molecule has 0 spiro atoms. The first-order valence-corrected chi connectivity index (χ1v) is 9.32. The minimum Gasteiger partial charge on any atom is -0.495 e. The van der Waals surface area contributed by atoms with Gasteiger partial charge in [0.1, 0.15) is 11.4 Å². The Labute approximate surface area is 158 Å². The van der Waals surface area contributed by atoms with Crippen LogP contribution in [0.25, 0.3) is 11.3 Å². The second-order valence-corrected chi connectivity index (χ2v) is 7.09. The van der Waals surface area contributed by atoms with E-state index in [-0.39, 0.29) is 23.3 Å². The molecule has 146 valence electrons. The van der Waals surface area contributed by atoms with E-state index in [4.69, 9.17) is 4.74 Å². The van der Waals surface area contributed by atoms with Gasteiger partial charge in [0, 0.05) is 24.7 Å². The Morgan fingerprint density at radius 3 is 2.89 bits per heavy atom. The van der Waals surface area contributed by atoms with E-state index in [0.29, 0.717) is 17.7 Å². The van der Waals surface area contributed by atoms with Gasteiger partial charge < -0.3 is 15.0 Å². The minimum atomic E-state index is -0.609. The van der Waals surface area contributed by atoms with Crippen molar-refractivity contribution in [3.63, 3.8) is 0 Å². The second kappa shape index (κ2) is 8.94. The van der Waals surface area contributed by atoms with E-state index in [1.807, 2.05) is 6.92 Å². The molecule has 1 aliphatic rings. The number of nitrogens with zero attached hydrogens (tertiary/aromatic N) is 3. The fourth-order valence-electron chi connectivity index (χ4n) is 3.42. The Hall–Kier alpha value is -2.48. The molecule has 0 aliphatic carbocycles. The maximum Gasteiger partial charge on any atom is 0.225 e. The number of anilines is 1. The van der Waals surface area contributed by atoms with Crippen molar-refractivity contribution in [2.24, 2.45) is 5.92 Å². The van der Waals surface area contributed by atoms with Crippen molar-refractivity contribution >= 4 is 11.7 Å². The summed E-state index contributed by atoms with van der Waals surface area (Å²) < 4.78 is 19.7. The lowest BCUT2D eigenvalue weighted by molar-refractivity contribution is -0.117. The first kappa shape index (κ1) is 19.3. The monoisotopic (exact) mass is 375 g/mol. The zero-order valence-electron chi connectivity index (χ0n) is 15.8. The molecule has 2 N–H and O–H groups in total. The molecule has 2 aromatic heterocycles. The van der Waals surface area contributed by atoms with Crippen LogP contribution >= 0.6 is 0 Å². The molecule has 1 atom stereocenters. The van der Waals surface area contributed by atoms with Gasteiger partial charge in [-0.05, 0) is 37.9 Å². The number of methoxy groups -OCH3 is 1. The van der Waals surface area contributed by atoms with Crippen LogP contribution in [0.5, 0.6) is 5.75 Å². The third-order valence-corrected chi connectivity index (χ3v) is 4.75. The van der Waals surface area contributed by atoms with Gasteiger partial charge in [-0.25, -0.2) is 4.39 Å². The van der Waals surface area contributed by atoms with Crippen molar-refractivity contribution in [3.8, 4) is 17.0 Å². The third-order valence-electron chi connectivity index (χ3n) is 4.75. The number of piperidine rings is 1. The van der Waals surface area contributed by atoms with Gasteiger partial charge in [0.25, 0.3) is 0 Å². The summed E-state index contributed by atoms with van der Waals surface area (Å²) in [7, 11) is 1.51. The first-order chi connectivity index (χ1) is 13.1. The number of hydrogen-bond donors (Lipinski definition) is 2. The Kier molecular flexibility index (Phi) is 6.39. The van der Waals surface area contributed by atoms with Crippen molar-refractivity contribution < 1.29 is 13.9 Å². The zero-order chi connectivity index (χ0) is 19.2. The van der Waals surface area contributed by atoms with Gasteiger partial charge >= 0.3 is 0 Å². The highest BCUT2D eigenvalue weighted by Gasteiger charge is 2.20. The predicted octanol–water partition coefficient (Wildman–Crippen LogP) is 3.07. The fourth-order valence-corrected chi connectivity index (χ4v) is 3.42. The van der Waals surface area contributed by atoms with Crippen molar-refractivity contribution in [1.29, 1.82) is 0 Å². The van der Waals surface area contributed by atoms with Crippen LogP contribution in [0.2, 0.25) is 0 Å². The lowest BCUT2D eigenvalue weighted by Crippen LogP contribution is -2.34. The number of halogens is 1. The molecule has 1 amide bonds. The summed E-state index contributed by atoms with van der Waals surface area (Å²) in [4.78, 5) is 18.7. The Bertz CT molecular complexity index is 773. The highest BCUT2D eigenvalue weighted by Crippen LogP contribution is 2.27. The van der Waals surface area contributed by atoms with Crippen molar-refractivity contribution in [1.82, 2.24) is 20.1 Å². The maximum atomic E-state index is 14.6. The number of aromatic amines is 1. The van der Waals surface area contributed by atoms with Gasteiger partial charge in [-0.15, -0.1) is 0 Å². The molecule has 0 bridgehead atoms. The van der Waals surface area contributed by atoms with Gasteiger partial charge in [-0.2, -0.15) is 5.10 Å². The third kappa shape index (κ3) is 5.03. The number of carbonyl (C=O) groups excluding carboxylic acids is 1. The van der Waals surface area contributed by atoms with Gasteiger partial charge in [-0.3, -0.25) is 14.9 Å². The zero-order valence-corrected chi connectivity index (χ0v) is 15.8. The van der Waals surface area contributed by atoms with E-state index < -0.39 is 5.82 Å². The smallest absolute Gasteiger partial charge is 0.225 e. The topological polar surface area (TPSA) is 83.1 Å². The van der Waals surface area contributed by atoms with Crippen LogP contribution in [-0.4, -0.2) is 52.7 Å². The molecular formula is C19H26FN5O2. The lowest BCUT2D eigenvalue weighted by atomic mass is 10.0. The van der Waals surface area contributed by atoms with E-state index in [1.165, 1.54) is 38.8 Å². The molecule has 1 unspecified atom stereocenters. The number of H-pyrrole nitrogens is 1. The molecule has 27 heavy (non-hydrogen) atoms. The molecule has 1 saturated heterocycles. The van der Waals surface area contributed by atoms with Crippen LogP contribution in [-0.2, 0) is 4.79 Å². The summed E-state index contributed by atoms with van der Waals surface area (Å²) in [6.45, 7) is 5.12. The largest absolute Gasteiger partial charge is 0.495 e. The van der Waals surface area contributed by atoms with E-state index in [0.717, 1.165) is 19.6 Å². The molecule has 1 aliphatic heterocycles. The van der Waals surface area contributed by atoms with E-state index in [1.54, 1.807) is 6.07 Å². The van der Waals surface area contributed by atoms with E-state index in [9.17, 15) is 9.18 Å². The van der Waals surface area contributed by atoms with Crippen molar-refractivity contribution in [2.75, 3.05) is 32.1 Å². The standard InChI is InChI=1S/C19H26FN5O2/c1-13(12-25-6-4-3-5-7-25)8-16(26)22-19-17(20)18(23-24-19)14-9-15(27-2)11-21-10-14/h9-11,13H,3-8,12H2,1-2H3,(H2,22,23,24,26). The van der Waals surface area contributed by atoms with Crippen LogP contribution in [0.15, 0.2) is 18.5 Å². The number of carbonyl (C=O) groups is 1. The van der Waals surface area contributed by atoms with Gasteiger partial charge in [0.2, 0.25) is 5.91 Å². The first-order valence-electron chi connectivity index (χ1n) is 9.32. The number of ether oxygens (including phenoxy) is 1. The predicted molar refractivity (Wildman–Crippen MR) is 101 cm³/mol. The summed E-state index contributed by atoms with van der Waals surface area (Å²) in [5.74, 6) is -0.226. The molecule has 7 nitrogen and oxygen atoms in total. The highest BCUT2D eigenvalue weighted by atomic mass is 19.1. The number of amides is 1. The molecular weight excluding hydrogens is 349 g/mol. The number of rotatable bonds is 7. The average molecular weight is 375 g/mol. The van der Waals surface area contributed by atoms with Gasteiger partial charge in [0.15, 0.2) is 11.6 Å². The van der Waals surface area contributed by atoms with E-state index >= 15 is 0 Å². The molecule has 3 heterocycles. The van der Waals surface area contributed by atoms with Gasteiger partial charge in [0.05, 0.1) is 13.3 Å². The summed E-state index contributed by atoms with van der Waals surface area (Å²) in [5.41, 5.74) is 0.663. The Morgan fingerprint density at radius 2 is 2.15 bits per heavy atom. The number of pyridine rings is 1. The lowest BCUT2D eigenvalue weighted by Gasteiger charge is -2.28. The summed E-state index contributed by atoms with van der Waals surface area (Å²) in [6.07, 6.45) is 7.10. The van der Waals surface area contributed by atoms with Crippen LogP contribution in [0.4, 0.5) is 10.2 Å². The van der Waals surface area contributed by atoms with Gasteiger partial charge in [-0.1, -0.05) is 13.3 Å².